The van der Waals surface area contributed by atoms with E-state index in [1.165, 1.54) is 17.8 Å². The van der Waals surface area contributed by atoms with Gasteiger partial charge in [-0.15, -0.1) is 10.2 Å². The first kappa shape index (κ1) is 19.1. The zero-order valence-corrected chi connectivity index (χ0v) is 16.0. The minimum absolute atomic E-state index is 0.287. The summed E-state index contributed by atoms with van der Waals surface area (Å²) in [5.74, 6) is -0.0890. The van der Waals surface area contributed by atoms with Crippen LogP contribution >= 0.6 is 11.8 Å². The molecule has 0 aliphatic heterocycles. The number of nitrogens with two attached hydrogens (primary N) is 1. The summed E-state index contributed by atoms with van der Waals surface area (Å²) in [5, 5.41) is 8.38. The molecular formula is C20H21FN4OS. The molecule has 0 saturated heterocycles. The highest BCUT2D eigenvalue weighted by atomic mass is 32.2. The fourth-order valence-corrected chi connectivity index (χ4v) is 3.77. The number of amides is 1. The maximum absolute atomic E-state index is 14.3. The molecule has 1 amide bonds. The van der Waals surface area contributed by atoms with Crippen molar-refractivity contribution in [2.24, 2.45) is 11.7 Å². The van der Waals surface area contributed by atoms with Crippen molar-refractivity contribution in [1.29, 1.82) is 0 Å². The van der Waals surface area contributed by atoms with E-state index in [0.29, 0.717) is 23.1 Å². The second-order valence-electron chi connectivity index (χ2n) is 6.60. The molecule has 1 aromatic heterocycles. The largest absolute Gasteiger partial charge is 0.368 e. The van der Waals surface area contributed by atoms with E-state index < -0.39 is 11.2 Å². The van der Waals surface area contributed by atoms with Crippen LogP contribution in [-0.2, 0) is 11.3 Å². The number of carbonyl (C=O) groups is 1. The van der Waals surface area contributed by atoms with Crippen molar-refractivity contribution < 1.29 is 9.18 Å². The maximum Gasteiger partial charge on any atom is 0.235 e. The summed E-state index contributed by atoms with van der Waals surface area (Å²) in [5.41, 5.74) is 6.81. The molecular weight excluding hydrogens is 363 g/mol. The van der Waals surface area contributed by atoms with Crippen LogP contribution in [0.4, 0.5) is 4.39 Å². The summed E-state index contributed by atoms with van der Waals surface area (Å²) >= 11 is 1.23. The number of thioether (sulfide) groups is 1. The fraction of sp³-hybridized carbons (Fsp3) is 0.250. The van der Waals surface area contributed by atoms with Gasteiger partial charge in [-0.05, 0) is 23.6 Å². The summed E-state index contributed by atoms with van der Waals surface area (Å²) < 4.78 is 16.1. The smallest absolute Gasteiger partial charge is 0.235 e. The third kappa shape index (κ3) is 4.36. The molecule has 0 aliphatic carbocycles. The van der Waals surface area contributed by atoms with Crippen LogP contribution in [0.5, 0.6) is 0 Å². The number of primary amides is 1. The number of halogens is 1. The number of aromatic nitrogens is 3. The van der Waals surface area contributed by atoms with E-state index in [1.807, 2.05) is 34.9 Å². The van der Waals surface area contributed by atoms with Gasteiger partial charge in [0.05, 0.1) is 5.56 Å². The van der Waals surface area contributed by atoms with Gasteiger partial charge in [0.1, 0.15) is 11.1 Å². The molecule has 0 saturated carbocycles. The van der Waals surface area contributed by atoms with Crippen molar-refractivity contribution in [3.8, 4) is 11.4 Å². The predicted molar refractivity (Wildman–Crippen MR) is 104 cm³/mol. The highest BCUT2D eigenvalue weighted by Gasteiger charge is 2.25. The summed E-state index contributed by atoms with van der Waals surface area (Å²) in [4.78, 5) is 12.1. The molecule has 0 spiro atoms. The fourth-order valence-electron chi connectivity index (χ4n) is 2.77. The molecule has 0 bridgehead atoms. The number of benzene rings is 2. The third-order valence-electron chi connectivity index (χ3n) is 3.96. The Morgan fingerprint density at radius 3 is 2.41 bits per heavy atom. The topological polar surface area (TPSA) is 73.8 Å². The standard InChI is InChI=1S/C20H21FN4OS/c1-13(2)12-25-19(15-10-6-7-11-16(15)21)23-24-20(25)27-17(18(22)26)14-8-4-3-5-9-14/h3-11,13,17H,12H2,1-2H3,(H2,22,26). The first-order chi connectivity index (χ1) is 13.0. The van der Waals surface area contributed by atoms with Gasteiger partial charge >= 0.3 is 0 Å². The number of hydrogen-bond acceptors (Lipinski definition) is 4. The Bertz CT molecular complexity index is 927. The molecule has 3 aromatic rings. The molecule has 0 fully saturated rings. The van der Waals surface area contributed by atoms with E-state index in [9.17, 15) is 9.18 Å². The van der Waals surface area contributed by atoms with Crippen molar-refractivity contribution in [1.82, 2.24) is 14.8 Å². The Kier molecular flexibility index (Phi) is 5.91. The first-order valence-corrected chi connectivity index (χ1v) is 9.54. The Morgan fingerprint density at radius 1 is 1.11 bits per heavy atom. The molecule has 0 aliphatic rings. The molecule has 5 nitrogen and oxygen atoms in total. The third-order valence-corrected chi connectivity index (χ3v) is 5.22. The average molecular weight is 384 g/mol. The van der Waals surface area contributed by atoms with Crippen LogP contribution in [0.15, 0.2) is 59.8 Å². The highest BCUT2D eigenvalue weighted by Crippen LogP contribution is 2.36. The molecule has 140 valence electrons. The Hall–Kier alpha value is -2.67. The van der Waals surface area contributed by atoms with E-state index in [1.54, 1.807) is 18.2 Å². The summed E-state index contributed by atoms with van der Waals surface area (Å²) in [6, 6.07) is 15.8. The summed E-state index contributed by atoms with van der Waals surface area (Å²) in [6.07, 6.45) is 0. The van der Waals surface area contributed by atoms with Crippen LogP contribution in [0.3, 0.4) is 0 Å². The lowest BCUT2D eigenvalue weighted by Gasteiger charge is -2.16. The molecule has 1 atom stereocenters. The van der Waals surface area contributed by atoms with Gasteiger partial charge in [-0.1, -0.05) is 68.1 Å². The minimum Gasteiger partial charge on any atom is -0.368 e. The minimum atomic E-state index is -0.602. The Morgan fingerprint density at radius 2 is 1.78 bits per heavy atom. The molecule has 2 aromatic carbocycles. The van der Waals surface area contributed by atoms with Gasteiger partial charge in [0.25, 0.3) is 0 Å². The number of rotatable bonds is 7. The lowest BCUT2D eigenvalue weighted by Crippen LogP contribution is -2.19. The van der Waals surface area contributed by atoms with Crippen LogP contribution in [0.1, 0.15) is 24.7 Å². The van der Waals surface area contributed by atoms with Crippen molar-refractivity contribution >= 4 is 17.7 Å². The molecule has 7 heteroatoms. The van der Waals surface area contributed by atoms with Gasteiger partial charge in [0, 0.05) is 6.54 Å². The van der Waals surface area contributed by atoms with E-state index in [2.05, 4.69) is 24.0 Å². The monoisotopic (exact) mass is 384 g/mol. The SMILES string of the molecule is CC(C)Cn1c(SC(C(N)=O)c2ccccc2)nnc1-c1ccccc1F. The van der Waals surface area contributed by atoms with Crippen molar-refractivity contribution in [2.45, 2.75) is 30.8 Å². The van der Waals surface area contributed by atoms with Gasteiger partial charge in [-0.2, -0.15) is 0 Å². The van der Waals surface area contributed by atoms with E-state index >= 15 is 0 Å². The maximum atomic E-state index is 14.3. The first-order valence-electron chi connectivity index (χ1n) is 8.66. The predicted octanol–water partition coefficient (Wildman–Crippen LogP) is 4.06. The van der Waals surface area contributed by atoms with Gasteiger partial charge < -0.3 is 10.3 Å². The number of nitrogens with zero attached hydrogens (tertiary/aromatic N) is 3. The van der Waals surface area contributed by atoms with Crippen molar-refractivity contribution in [2.75, 3.05) is 0 Å². The van der Waals surface area contributed by atoms with Crippen molar-refractivity contribution in [3.63, 3.8) is 0 Å². The molecule has 3 rings (SSSR count). The van der Waals surface area contributed by atoms with Gasteiger partial charge in [0.2, 0.25) is 5.91 Å². The normalized spacial score (nSPS) is 12.3. The lowest BCUT2D eigenvalue weighted by molar-refractivity contribution is -0.117. The van der Waals surface area contributed by atoms with Crippen LogP contribution in [0.2, 0.25) is 0 Å². The molecule has 2 N–H and O–H groups in total. The molecule has 1 heterocycles. The van der Waals surface area contributed by atoms with Crippen LogP contribution in [0, 0.1) is 11.7 Å². The lowest BCUT2D eigenvalue weighted by atomic mass is 10.1. The summed E-state index contributed by atoms with van der Waals surface area (Å²) in [7, 11) is 0. The zero-order valence-electron chi connectivity index (χ0n) is 15.2. The summed E-state index contributed by atoms with van der Waals surface area (Å²) in [6.45, 7) is 4.71. The zero-order chi connectivity index (χ0) is 19.4. The van der Waals surface area contributed by atoms with Gasteiger partial charge in [-0.3, -0.25) is 4.79 Å². The quantitative estimate of drug-likeness (QED) is 0.624. The van der Waals surface area contributed by atoms with Crippen LogP contribution in [-0.4, -0.2) is 20.7 Å². The Labute approximate surface area is 161 Å². The number of hydrogen-bond donors (Lipinski definition) is 1. The van der Waals surface area contributed by atoms with Gasteiger partial charge in [-0.25, -0.2) is 4.39 Å². The van der Waals surface area contributed by atoms with Gasteiger partial charge in [0.15, 0.2) is 11.0 Å². The van der Waals surface area contributed by atoms with Crippen LogP contribution in [0.25, 0.3) is 11.4 Å². The Balaban J connectivity index is 2.02. The molecule has 27 heavy (non-hydrogen) atoms. The van der Waals surface area contributed by atoms with Crippen LogP contribution < -0.4 is 5.73 Å². The average Bonchev–Trinajstić information content (AvgIpc) is 3.02. The van der Waals surface area contributed by atoms with Crippen molar-refractivity contribution in [3.05, 3.63) is 66.0 Å². The second-order valence-corrected chi connectivity index (χ2v) is 7.67. The molecule has 0 radical (unpaired) electrons. The highest BCUT2D eigenvalue weighted by molar-refractivity contribution is 8.00. The second kappa shape index (κ2) is 8.35. The van der Waals surface area contributed by atoms with E-state index in [0.717, 1.165) is 5.56 Å². The van der Waals surface area contributed by atoms with E-state index in [-0.39, 0.29) is 11.7 Å². The van der Waals surface area contributed by atoms with E-state index in [4.69, 9.17) is 5.73 Å². The molecule has 1 unspecified atom stereocenters. The number of carbonyl (C=O) groups excluding carboxylic acids is 1.